The summed E-state index contributed by atoms with van der Waals surface area (Å²) < 4.78 is 457. The van der Waals surface area contributed by atoms with Gasteiger partial charge in [-0.05, 0) is 140 Å². The number of pyridine rings is 1. The normalized spacial score (nSPS) is 26.6. The van der Waals surface area contributed by atoms with E-state index in [1.807, 2.05) is 4.90 Å². The van der Waals surface area contributed by atoms with Gasteiger partial charge in [0.2, 0.25) is 0 Å². The van der Waals surface area contributed by atoms with Crippen molar-refractivity contribution in [2.45, 2.75) is 102 Å². The molecule has 0 saturated carbocycles. The van der Waals surface area contributed by atoms with Crippen LogP contribution in [0.15, 0.2) is 261 Å². The van der Waals surface area contributed by atoms with Gasteiger partial charge in [0, 0.05) is 118 Å². The predicted octanol–water partition coefficient (Wildman–Crippen LogP) is 23.7. The lowest BCUT2D eigenvalue weighted by molar-refractivity contribution is 0.332. The molecule has 3 aromatic heterocycles. The quantitative estimate of drug-likeness (QED) is 0.137. The minimum Gasteiger partial charge on any atom is -0.457 e. The molecular weight excluding hydrogens is 1140 g/mol. The summed E-state index contributed by atoms with van der Waals surface area (Å²) in [6.45, 7) is -37.1. The number of aromatic nitrogens is 3. The van der Waals surface area contributed by atoms with Gasteiger partial charge in [0.25, 0.3) is 0 Å². The highest BCUT2D eigenvalue weighted by Crippen LogP contribution is 2.54. The molecular formula is C88H77N5O. The lowest BCUT2D eigenvalue weighted by atomic mass is 9.62. The number of hydrogen-bond acceptors (Lipinski definition) is 4. The van der Waals surface area contributed by atoms with Crippen molar-refractivity contribution in [3.8, 4) is 67.5 Å². The van der Waals surface area contributed by atoms with E-state index in [4.69, 9.17) is 34.4 Å². The number of anilines is 4. The Morgan fingerprint density at radius 1 is 0.394 bits per heavy atom. The summed E-state index contributed by atoms with van der Waals surface area (Å²) in [4.78, 5) is 8.58. The third kappa shape index (κ3) is 9.30. The van der Waals surface area contributed by atoms with Crippen LogP contribution in [0, 0.1) is 0 Å². The fourth-order valence-corrected chi connectivity index (χ4v) is 13.0. The molecule has 11 aromatic carbocycles. The number of fused-ring (bicyclic) bond motifs is 9. The van der Waals surface area contributed by atoms with E-state index in [0.717, 1.165) is 22.8 Å². The molecule has 94 heavy (non-hydrogen) atoms. The van der Waals surface area contributed by atoms with Gasteiger partial charge in [0.1, 0.15) is 24.0 Å². The molecule has 17 rings (SSSR count). The zero-order chi connectivity index (χ0) is 105. The Bertz CT molecular complexity index is 7350. The topological polar surface area (TPSA) is 38.5 Å². The monoisotopic (exact) mass is 1270 g/mol. The molecule has 0 spiro atoms. The van der Waals surface area contributed by atoms with Crippen LogP contribution in [0.3, 0.4) is 0 Å². The van der Waals surface area contributed by atoms with E-state index < -0.39 is 249 Å². The first-order valence-corrected chi connectivity index (χ1v) is 29.4. The van der Waals surface area contributed by atoms with E-state index in [2.05, 4.69) is 0 Å². The van der Waals surface area contributed by atoms with Crippen LogP contribution in [-0.4, -0.2) is 20.8 Å². The maximum Gasteiger partial charge on any atom is 0.139 e. The fourth-order valence-electron chi connectivity index (χ4n) is 13.0. The average Bonchev–Trinajstić information content (AvgIpc) is 0.683. The van der Waals surface area contributed by atoms with Gasteiger partial charge in [-0.3, -0.25) is 4.57 Å². The van der Waals surface area contributed by atoms with Gasteiger partial charge in [-0.15, -0.1) is 0 Å². The van der Waals surface area contributed by atoms with E-state index in [9.17, 15) is 41.1 Å². The zero-order valence-electron chi connectivity index (χ0n) is 96.9. The molecule has 0 unspecified atom stereocenters. The van der Waals surface area contributed by atoms with Gasteiger partial charge in [-0.1, -0.05) is 242 Å². The first kappa shape index (κ1) is 26.2. The van der Waals surface area contributed by atoms with Crippen molar-refractivity contribution >= 4 is 66.4 Å². The molecule has 2 aliphatic carbocycles. The molecule has 0 N–H and O–H groups in total. The Balaban J connectivity index is 0.936. The molecule has 0 amide bonds. The smallest absolute Gasteiger partial charge is 0.139 e. The molecule has 0 bridgehead atoms. The lowest BCUT2D eigenvalue weighted by Crippen LogP contribution is -2.33. The predicted molar refractivity (Wildman–Crippen MR) is 394 cm³/mol. The number of ether oxygens (including phenoxy) is 1. The first-order valence-electron chi connectivity index (χ1n) is 53.4. The van der Waals surface area contributed by atoms with Gasteiger partial charge in [-0.2, -0.15) is 0 Å². The van der Waals surface area contributed by atoms with Crippen molar-refractivity contribution in [2.75, 3.05) is 16.5 Å². The Kier molecular flexibility index (Phi) is 6.01. The summed E-state index contributed by atoms with van der Waals surface area (Å²) in [5, 5.41) is 1.16. The largest absolute Gasteiger partial charge is 0.457 e. The third-order valence-electron chi connectivity index (χ3n) is 17.2. The average molecular weight is 1270 g/mol. The van der Waals surface area contributed by atoms with E-state index >= 15 is 0 Å². The molecule has 6 nitrogen and oxygen atoms in total. The summed E-state index contributed by atoms with van der Waals surface area (Å²) >= 11 is 0. The van der Waals surface area contributed by atoms with Gasteiger partial charge in [0.15, 0.2) is 0 Å². The van der Waals surface area contributed by atoms with Crippen molar-refractivity contribution < 1.29 is 70.5 Å². The van der Waals surface area contributed by atoms with Crippen molar-refractivity contribution in [1.29, 1.82) is 0 Å². The molecule has 0 saturated heterocycles. The van der Waals surface area contributed by atoms with Crippen LogP contribution in [0.2, 0.25) is 0 Å². The molecule has 6 heteroatoms. The molecule has 460 valence electrons. The molecule has 0 atom stereocenters. The van der Waals surface area contributed by atoms with E-state index in [1.165, 1.54) is 54.7 Å². The number of benzene rings is 11. The SMILES string of the molecule is [2H]c1c([2H])c([2H])c(-c2cccc(-c3c([2H])c([2H])c([2H])c([2H])c3[2H])c2N2CN(c3cccc(Oc4ccc5c6ccccc6n(-c6cc7c(cn6)c6ccccc6n7-c6c(-c7c([2H])c([2H])c8c(c7[2H])C(C([2H])([2H])[2H])(C([2H])([2H])[2H])C([2H])([2H])C([2H])([2H])C8(C([2H])([2H])[2H])C([2H])([2H])[2H])cccc6-c6c([2H])c([2H])c7c(c6[2H])C(C([2H])([2H])[2H])(C([2H])([2H])[2H])C([2H])([2H])C([2H])([2H])C7(C([2H])([2H])[2H])C([2H])([2H])[2H])c5c4)c3)c3ccccc32)c([2H])c1[2H]. The number of nitrogens with zero attached hydrogens (tertiary/aromatic N) is 5. The summed E-state index contributed by atoms with van der Waals surface area (Å²) in [5.41, 5.74) is -30.9. The number of rotatable bonds is 10. The second-order valence-electron chi connectivity index (χ2n) is 22.9. The number of para-hydroxylation sites is 6. The third-order valence-corrected chi connectivity index (χ3v) is 17.2. The maximum absolute atomic E-state index is 10.6. The van der Waals surface area contributed by atoms with Crippen LogP contribution in [0.5, 0.6) is 11.5 Å². The molecule has 0 fully saturated rings. The highest BCUT2D eigenvalue weighted by molar-refractivity contribution is 6.13. The minimum atomic E-state index is -4.92. The van der Waals surface area contributed by atoms with Crippen LogP contribution in [-0.2, 0) is 21.7 Å². The highest BCUT2D eigenvalue weighted by atomic mass is 16.5. The van der Waals surface area contributed by atoms with Crippen molar-refractivity contribution in [3.63, 3.8) is 0 Å². The Hall–Kier alpha value is -10.4. The van der Waals surface area contributed by atoms with Gasteiger partial charge in [-0.25, -0.2) is 4.98 Å². The van der Waals surface area contributed by atoms with Crippen molar-refractivity contribution in [2.24, 2.45) is 0 Å². The molecule has 1 aliphatic heterocycles. The van der Waals surface area contributed by atoms with E-state index in [0.29, 0.717) is 33.4 Å². The molecule has 3 aliphatic rings. The van der Waals surface area contributed by atoms with Crippen molar-refractivity contribution in [3.05, 3.63) is 283 Å². The van der Waals surface area contributed by atoms with Crippen molar-refractivity contribution in [1.82, 2.24) is 14.1 Å². The van der Waals surface area contributed by atoms with Gasteiger partial charge >= 0.3 is 0 Å². The first-order chi connectivity index (χ1) is 65.3. The standard InChI is InChI=1S/C88H77N5O/c1-85(2)46-48-87(5,6)74-50-59(40-44-72(74)85)66-34-23-35-67(60-41-45-73-75(51-60)88(7,8)49-47-86(73,3)4)84(66)93-77-37-18-16-31-69(77)71-55-89-82(54-81(71)93)92-76-36-17-15-30-68(76)70-43-42-63(53-80(70)92)94-62-29-21-28-61(52-62)90-56-91(79-39-20-19-38-78(79)90)83-64(57-24-11-9-12-25-57)32-22-33-65(83)58-26-13-10-14-27-58/h9-45,50-55H,46-49,56H2,1-8H3/i1D3,2D3,3D3,4D3,5D3,6D3,7D3,8D3,9D,10D,11D,12D,13D,14D,24D,25D,26D,27D,40D,41D,44D,45D,46D2,47D2,48D2,49D2,50D,51D. The maximum atomic E-state index is 10.6. The highest BCUT2D eigenvalue weighted by Gasteiger charge is 2.40. The van der Waals surface area contributed by atoms with Crippen LogP contribution in [0.25, 0.3) is 99.6 Å². The zero-order valence-corrected chi connectivity index (χ0v) is 48.9. The van der Waals surface area contributed by atoms with Crippen LogP contribution >= 0.6 is 0 Å². The summed E-state index contributed by atoms with van der Waals surface area (Å²) in [5.74, 6) is 0.195. The molecule has 14 aromatic rings. The van der Waals surface area contributed by atoms with Crippen LogP contribution in [0.1, 0.15) is 168 Å². The fraction of sp³-hybridized carbons (Fsp3) is 0.193. The number of hydrogen-bond donors (Lipinski definition) is 0. The lowest BCUT2D eigenvalue weighted by Gasteiger charge is -2.42. The summed E-state index contributed by atoms with van der Waals surface area (Å²) in [6, 6.07) is 22.4. The summed E-state index contributed by atoms with van der Waals surface area (Å²) in [7, 11) is 0. The van der Waals surface area contributed by atoms with Crippen LogP contribution < -0.4 is 14.5 Å². The van der Waals surface area contributed by atoms with Crippen LogP contribution in [0.4, 0.5) is 22.7 Å². The summed E-state index contributed by atoms with van der Waals surface area (Å²) in [6.07, 6.45) is -18.2. The second kappa shape index (κ2) is 21.6. The Morgan fingerprint density at radius 3 is 1.46 bits per heavy atom. The van der Waals surface area contributed by atoms with E-state index in [-0.39, 0.29) is 79.2 Å². The Labute approximate surface area is 619 Å². The minimum absolute atomic E-state index is 0.0279. The second-order valence-corrected chi connectivity index (χ2v) is 22.9. The van der Waals surface area contributed by atoms with Gasteiger partial charge in [0.05, 0.1) is 66.7 Å². The molecule has 0 radical (unpaired) electrons. The Morgan fingerprint density at radius 2 is 0.872 bits per heavy atom. The van der Waals surface area contributed by atoms with Gasteiger partial charge < -0.3 is 19.1 Å². The van der Waals surface area contributed by atoms with E-state index in [1.54, 1.807) is 100 Å². The molecule has 4 heterocycles.